The molecule has 1 heterocycles. The molecule has 20 heavy (non-hydrogen) atoms. The molecule has 1 N–H and O–H groups in total. The lowest BCUT2D eigenvalue weighted by atomic mass is 10.0. The number of unbranched alkanes of at least 4 members (excludes halogenated alkanes) is 1. The van der Waals surface area contributed by atoms with Crippen molar-refractivity contribution in [2.24, 2.45) is 0 Å². The maximum absolute atomic E-state index is 11.9. The van der Waals surface area contributed by atoms with Crippen molar-refractivity contribution in [3.05, 3.63) is 59.9 Å². The van der Waals surface area contributed by atoms with Crippen molar-refractivity contribution < 1.29 is 4.79 Å². The van der Waals surface area contributed by atoms with Crippen LogP contribution in [0, 0.1) is 0 Å². The molecule has 0 atom stereocenters. The fourth-order valence-corrected chi connectivity index (χ4v) is 2.03. The van der Waals surface area contributed by atoms with Crippen LogP contribution in [0.25, 0.3) is 0 Å². The van der Waals surface area contributed by atoms with Crippen molar-refractivity contribution >= 4 is 11.6 Å². The fraction of sp³-hybridized carbons (Fsp3) is 0.294. The summed E-state index contributed by atoms with van der Waals surface area (Å²) in [5.41, 5.74) is 3.10. The van der Waals surface area contributed by atoms with E-state index in [0.29, 0.717) is 6.42 Å². The first-order valence-electron chi connectivity index (χ1n) is 7.05. The van der Waals surface area contributed by atoms with E-state index >= 15 is 0 Å². The molecule has 2 rings (SSSR count). The molecule has 1 aromatic carbocycles. The van der Waals surface area contributed by atoms with E-state index in [2.05, 4.69) is 29.4 Å². The average Bonchev–Trinajstić information content (AvgIpc) is 2.47. The molecule has 0 fully saturated rings. The smallest absolute Gasteiger partial charge is 0.228 e. The lowest BCUT2D eigenvalue weighted by Gasteiger charge is -2.06. The van der Waals surface area contributed by atoms with Crippen LogP contribution in [0.3, 0.4) is 0 Å². The number of nitrogens with one attached hydrogen (secondary N) is 1. The van der Waals surface area contributed by atoms with Crippen LogP contribution in [0.5, 0.6) is 0 Å². The van der Waals surface area contributed by atoms with Gasteiger partial charge < -0.3 is 5.32 Å². The van der Waals surface area contributed by atoms with Crippen LogP contribution in [-0.4, -0.2) is 10.9 Å². The fourth-order valence-electron chi connectivity index (χ4n) is 2.03. The van der Waals surface area contributed by atoms with Gasteiger partial charge in [0.2, 0.25) is 5.91 Å². The zero-order valence-corrected chi connectivity index (χ0v) is 11.8. The highest BCUT2D eigenvalue weighted by molar-refractivity contribution is 5.92. The van der Waals surface area contributed by atoms with Crippen molar-refractivity contribution in [2.45, 2.75) is 32.6 Å². The molecule has 1 amide bonds. The Morgan fingerprint density at radius 2 is 1.90 bits per heavy atom. The minimum Gasteiger partial charge on any atom is -0.324 e. The first-order chi connectivity index (χ1) is 9.78. The molecular weight excluding hydrogens is 248 g/mol. The number of hydrogen-bond acceptors (Lipinski definition) is 2. The van der Waals surface area contributed by atoms with Crippen LogP contribution < -0.4 is 5.32 Å². The summed E-state index contributed by atoms with van der Waals surface area (Å²) in [7, 11) is 0. The zero-order chi connectivity index (χ0) is 14.2. The van der Waals surface area contributed by atoms with Gasteiger partial charge in [-0.1, -0.05) is 37.6 Å². The monoisotopic (exact) mass is 268 g/mol. The van der Waals surface area contributed by atoms with E-state index in [-0.39, 0.29) is 5.91 Å². The molecule has 1 aromatic heterocycles. The molecule has 0 unspecified atom stereocenters. The highest BCUT2D eigenvalue weighted by atomic mass is 16.1. The van der Waals surface area contributed by atoms with Gasteiger partial charge in [-0.05, 0) is 36.1 Å². The number of aromatic nitrogens is 1. The number of anilines is 1. The normalized spacial score (nSPS) is 10.2. The van der Waals surface area contributed by atoms with E-state index in [9.17, 15) is 4.79 Å². The summed E-state index contributed by atoms with van der Waals surface area (Å²) in [4.78, 5) is 15.9. The Balaban J connectivity index is 1.88. The number of amides is 1. The lowest BCUT2D eigenvalue weighted by Crippen LogP contribution is -2.14. The van der Waals surface area contributed by atoms with Crippen LogP contribution >= 0.6 is 0 Å². The van der Waals surface area contributed by atoms with Gasteiger partial charge in [0.25, 0.3) is 0 Å². The number of benzene rings is 1. The van der Waals surface area contributed by atoms with E-state index in [1.54, 1.807) is 18.5 Å². The molecule has 0 aliphatic rings. The first-order valence-corrected chi connectivity index (χ1v) is 7.05. The van der Waals surface area contributed by atoms with Gasteiger partial charge in [0.15, 0.2) is 0 Å². The third kappa shape index (κ3) is 4.50. The largest absolute Gasteiger partial charge is 0.324 e. The summed E-state index contributed by atoms with van der Waals surface area (Å²) >= 11 is 0. The van der Waals surface area contributed by atoms with Gasteiger partial charge in [0.05, 0.1) is 18.3 Å². The SMILES string of the molecule is CCCCc1ccc(CC(=O)Nc2cccnc2)cc1. The van der Waals surface area contributed by atoms with Crippen molar-refractivity contribution in [3.63, 3.8) is 0 Å². The number of aryl methyl sites for hydroxylation is 1. The molecule has 3 nitrogen and oxygen atoms in total. The zero-order valence-electron chi connectivity index (χ0n) is 11.8. The second kappa shape index (κ2) is 7.43. The third-order valence-electron chi connectivity index (χ3n) is 3.15. The average molecular weight is 268 g/mol. The van der Waals surface area contributed by atoms with Crippen molar-refractivity contribution in [2.75, 3.05) is 5.32 Å². The van der Waals surface area contributed by atoms with Gasteiger partial charge in [0.1, 0.15) is 0 Å². The molecule has 0 radical (unpaired) electrons. The second-order valence-corrected chi connectivity index (χ2v) is 4.89. The Labute approximate surface area is 120 Å². The van der Waals surface area contributed by atoms with Crippen LogP contribution in [0.4, 0.5) is 5.69 Å². The Kier molecular flexibility index (Phi) is 5.30. The Bertz CT molecular complexity index is 535. The second-order valence-electron chi connectivity index (χ2n) is 4.89. The van der Waals surface area contributed by atoms with E-state index in [1.807, 2.05) is 18.2 Å². The van der Waals surface area contributed by atoms with E-state index in [0.717, 1.165) is 17.7 Å². The summed E-state index contributed by atoms with van der Waals surface area (Å²) in [6, 6.07) is 11.9. The van der Waals surface area contributed by atoms with E-state index in [1.165, 1.54) is 18.4 Å². The summed E-state index contributed by atoms with van der Waals surface area (Å²) in [5, 5.41) is 2.84. The number of hydrogen-bond donors (Lipinski definition) is 1. The highest BCUT2D eigenvalue weighted by Gasteiger charge is 2.04. The lowest BCUT2D eigenvalue weighted by molar-refractivity contribution is -0.115. The van der Waals surface area contributed by atoms with Gasteiger partial charge >= 0.3 is 0 Å². The topological polar surface area (TPSA) is 42.0 Å². The first kappa shape index (κ1) is 14.3. The Hall–Kier alpha value is -2.16. The summed E-state index contributed by atoms with van der Waals surface area (Å²) in [5.74, 6) is -0.0145. The van der Waals surface area contributed by atoms with Crippen molar-refractivity contribution in [1.29, 1.82) is 0 Å². The van der Waals surface area contributed by atoms with Crippen LogP contribution in [-0.2, 0) is 17.6 Å². The molecule has 0 saturated carbocycles. The Morgan fingerprint density at radius 1 is 1.15 bits per heavy atom. The van der Waals surface area contributed by atoms with Gasteiger partial charge in [-0.15, -0.1) is 0 Å². The molecule has 0 aliphatic heterocycles. The summed E-state index contributed by atoms with van der Waals surface area (Å²) in [6.45, 7) is 2.19. The van der Waals surface area contributed by atoms with Crippen LogP contribution in [0.15, 0.2) is 48.8 Å². The molecule has 0 saturated heterocycles. The standard InChI is InChI=1S/C17H20N2O/c1-2-3-5-14-7-9-15(10-8-14)12-17(20)19-16-6-4-11-18-13-16/h4,6-11,13H,2-3,5,12H2,1H3,(H,19,20). The highest BCUT2D eigenvalue weighted by Crippen LogP contribution is 2.10. The molecule has 104 valence electrons. The number of nitrogens with zero attached hydrogens (tertiary/aromatic N) is 1. The molecular formula is C17H20N2O. The number of pyridine rings is 1. The molecule has 0 bridgehead atoms. The van der Waals surface area contributed by atoms with Crippen molar-refractivity contribution in [1.82, 2.24) is 4.98 Å². The van der Waals surface area contributed by atoms with Gasteiger partial charge in [-0.2, -0.15) is 0 Å². The molecule has 2 aromatic rings. The predicted molar refractivity (Wildman–Crippen MR) is 81.6 cm³/mol. The Morgan fingerprint density at radius 3 is 2.55 bits per heavy atom. The number of rotatable bonds is 6. The van der Waals surface area contributed by atoms with Gasteiger partial charge in [-0.25, -0.2) is 0 Å². The maximum atomic E-state index is 11.9. The summed E-state index contributed by atoms with van der Waals surface area (Å²) < 4.78 is 0. The quantitative estimate of drug-likeness (QED) is 0.869. The minimum atomic E-state index is -0.0145. The third-order valence-corrected chi connectivity index (χ3v) is 3.15. The van der Waals surface area contributed by atoms with Crippen molar-refractivity contribution in [3.8, 4) is 0 Å². The number of carbonyl (C=O) groups excluding carboxylic acids is 1. The minimum absolute atomic E-state index is 0.0145. The van der Waals surface area contributed by atoms with Crippen LogP contribution in [0.1, 0.15) is 30.9 Å². The molecule has 3 heteroatoms. The van der Waals surface area contributed by atoms with Gasteiger partial charge in [-0.3, -0.25) is 9.78 Å². The van der Waals surface area contributed by atoms with E-state index < -0.39 is 0 Å². The summed E-state index contributed by atoms with van der Waals surface area (Å²) in [6.07, 6.45) is 7.24. The predicted octanol–water partition coefficient (Wildman–Crippen LogP) is 3.61. The maximum Gasteiger partial charge on any atom is 0.228 e. The molecule has 0 aliphatic carbocycles. The molecule has 0 spiro atoms. The van der Waals surface area contributed by atoms with Crippen LogP contribution in [0.2, 0.25) is 0 Å². The van der Waals surface area contributed by atoms with E-state index in [4.69, 9.17) is 0 Å². The number of carbonyl (C=O) groups is 1. The van der Waals surface area contributed by atoms with Gasteiger partial charge in [0, 0.05) is 6.20 Å².